The van der Waals surface area contributed by atoms with Crippen LogP contribution in [0.5, 0.6) is 0 Å². The zero-order valence-electron chi connectivity index (χ0n) is 7.94. The molecule has 2 unspecified atom stereocenters. The van der Waals surface area contributed by atoms with E-state index in [-0.39, 0.29) is 17.4 Å². The number of rotatable bonds is 4. The van der Waals surface area contributed by atoms with Crippen LogP contribution in [0.25, 0.3) is 0 Å². The first-order chi connectivity index (χ1) is 6.02. The van der Waals surface area contributed by atoms with E-state index in [1.54, 1.807) is 0 Å². The maximum Gasteiger partial charge on any atom is 0.223 e. The summed E-state index contributed by atoms with van der Waals surface area (Å²) >= 11 is 6.80. The van der Waals surface area contributed by atoms with E-state index in [4.69, 9.17) is 0 Å². The highest BCUT2D eigenvalue weighted by molar-refractivity contribution is 9.09. The molecule has 0 bridgehead atoms. The largest absolute Gasteiger partial charge is 0.349 e. The van der Waals surface area contributed by atoms with Crippen molar-refractivity contribution < 1.29 is 4.79 Å². The number of carbonyl (C=O) groups is 1. The number of nitrogens with one attached hydrogen (secondary N) is 1. The smallest absolute Gasteiger partial charge is 0.223 e. The van der Waals surface area contributed by atoms with Crippen LogP contribution in [-0.2, 0) is 4.79 Å². The lowest BCUT2D eigenvalue weighted by Crippen LogP contribution is -2.49. The van der Waals surface area contributed by atoms with Gasteiger partial charge in [-0.1, -0.05) is 38.8 Å². The highest BCUT2D eigenvalue weighted by Crippen LogP contribution is 2.38. The van der Waals surface area contributed by atoms with Gasteiger partial charge in [-0.15, -0.1) is 0 Å². The Labute approximate surface area is 96.1 Å². The van der Waals surface area contributed by atoms with Crippen LogP contribution >= 0.6 is 31.9 Å². The zero-order chi connectivity index (χ0) is 10.1. The molecule has 1 saturated carbocycles. The van der Waals surface area contributed by atoms with Crippen molar-refractivity contribution in [1.29, 1.82) is 0 Å². The summed E-state index contributed by atoms with van der Waals surface area (Å²) in [5.41, 5.74) is -0.153. The van der Waals surface area contributed by atoms with Crippen LogP contribution in [-0.4, -0.2) is 22.1 Å². The van der Waals surface area contributed by atoms with Crippen molar-refractivity contribution in [1.82, 2.24) is 5.32 Å². The third kappa shape index (κ3) is 2.94. The van der Waals surface area contributed by atoms with Gasteiger partial charge in [0.1, 0.15) is 0 Å². The van der Waals surface area contributed by atoms with Gasteiger partial charge in [-0.3, -0.25) is 4.79 Å². The van der Waals surface area contributed by atoms with Gasteiger partial charge in [0.25, 0.3) is 0 Å². The summed E-state index contributed by atoms with van der Waals surface area (Å²) < 4.78 is 0. The summed E-state index contributed by atoms with van der Waals surface area (Å²) in [6.07, 6.45) is 1.05. The molecule has 1 amide bonds. The molecule has 76 valence electrons. The van der Waals surface area contributed by atoms with Crippen molar-refractivity contribution in [2.24, 2.45) is 11.8 Å². The number of carbonyl (C=O) groups excluding carboxylic acids is 1. The molecule has 1 aliphatic rings. The van der Waals surface area contributed by atoms with Crippen molar-refractivity contribution in [3.63, 3.8) is 0 Å². The monoisotopic (exact) mass is 311 g/mol. The summed E-state index contributed by atoms with van der Waals surface area (Å²) in [4.78, 5) is 11.6. The molecule has 2 atom stereocenters. The van der Waals surface area contributed by atoms with Crippen LogP contribution in [0, 0.1) is 11.8 Å². The predicted molar refractivity (Wildman–Crippen MR) is 61.4 cm³/mol. The van der Waals surface area contributed by atoms with Gasteiger partial charge in [0.2, 0.25) is 5.91 Å². The maximum atomic E-state index is 11.6. The summed E-state index contributed by atoms with van der Waals surface area (Å²) in [6.45, 7) is 4.14. The summed E-state index contributed by atoms with van der Waals surface area (Å²) in [5.74, 6) is 1.04. The Bertz CT molecular complexity index is 204. The number of amides is 1. The van der Waals surface area contributed by atoms with E-state index in [2.05, 4.69) is 44.1 Å². The highest BCUT2D eigenvalue weighted by atomic mass is 79.9. The molecule has 1 aliphatic carbocycles. The molecular weight excluding hydrogens is 298 g/mol. The lowest BCUT2D eigenvalue weighted by molar-refractivity contribution is -0.123. The fraction of sp³-hybridized carbons (Fsp3) is 0.889. The molecule has 0 aliphatic heterocycles. The number of alkyl halides is 2. The average Bonchev–Trinajstić information content (AvgIpc) is 2.82. The van der Waals surface area contributed by atoms with Gasteiger partial charge in [0.15, 0.2) is 0 Å². The normalized spacial score (nSPS) is 27.1. The molecule has 0 radical (unpaired) electrons. The first-order valence-electron chi connectivity index (χ1n) is 4.46. The van der Waals surface area contributed by atoms with Crippen LogP contribution in [0.15, 0.2) is 0 Å². The van der Waals surface area contributed by atoms with Gasteiger partial charge in [-0.05, 0) is 19.3 Å². The standard InChI is InChI=1S/C9H15Br2NO/c1-6-3-7(6)8(13)12-9(2,4-10)5-11/h6-7H,3-5H2,1-2H3,(H,12,13). The second-order valence-electron chi connectivity index (χ2n) is 4.14. The fourth-order valence-electron chi connectivity index (χ4n) is 1.18. The van der Waals surface area contributed by atoms with E-state index in [1.807, 2.05) is 6.92 Å². The Morgan fingerprint density at radius 2 is 2.00 bits per heavy atom. The lowest BCUT2D eigenvalue weighted by atomic mass is 10.1. The van der Waals surface area contributed by atoms with Gasteiger partial charge in [0.05, 0.1) is 5.54 Å². The average molecular weight is 313 g/mol. The Balaban J connectivity index is 2.42. The predicted octanol–water partition coefficient (Wildman–Crippen LogP) is 2.31. The topological polar surface area (TPSA) is 29.1 Å². The van der Waals surface area contributed by atoms with Crippen LogP contribution in [0.4, 0.5) is 0 Å². The van der Waals surface area contributed by atoms with Crippen molar-refractivity contribution in [3.8, 4) is 0 Å². The first kappa shape index (κ1) is 11.5. The second-order valence-corrected chi connectivity index (χ2v) is 5.26. The van der Waals surface area contributed by atoms with E-state index >= 15 is 0 Å². The van der Waals surface area contributed by atoms with Gasteiger partial charge in [-0.2, -0.15) is 0 Å². The second kappa shape index (κ2) is 4.30. The summed E-state index contributed by atoms with van der Waals surface area (Å²) in [7, 11) is 0. The minimum absolute atomic E-state index is 0.153. The van der Waals surface area contributed by atoms with Crippen molar-refractivity contribution in [2.75, 3.05) is 10.7 Å². The molecule has 0 saturated heterocycles. The van der Waals surface area contributed by atoms with Crippen LogP contribution in [0.3, 0.4) is 0 Å². The first-order valence-corrected chi connectivity index (χ1v) is 6.70. The van der Waals surface area contributed by atoms with Crippen molar-refractivity contribution in [3.05, 3.63) is 0 Å². The summed E-state index contributed by atoms with van der Waals surface area (Å²) in [5, 5.41) is 4.60. The number of hydrogen-bond acceptors (Lipinski definition) is 1. The molecule has 0 heterocycles. The molecule has 1 N–H and O–H groups in total. The number of halogens is 2. The molecule has 2 nitrogen and oxygen atoms in total. The molecule has 1 rings (SSSR count). The van der Waals surface area contributed by atoms with E-state index < -0.39 is 0 Å². The molecule has 13 heavy (non-hydrogen) atoms. The van der Waals surface area contributed by atoms with E-state index in [0.717, 1.165) is 17.1 Å². The molecule has 0 spiro atoms. The van der Waals surface area contributed by atoms with E-state index in [9.17, 15) is 4.79 Å². The SMILES string of the molecule is CC1CC1C(=O)NC(C)(CBr)CBr. The molecule has 1 fully saturated rings. The lowest BCUT2D eigenvalue weighted by Gasteiger charge is -2.26. The van der Waals surface area contributed by atoms with E-state index in [1.165, 1.54) is 0 Å². The van der Waals surface area contributed by atoms with Crippen molar-refractivity contribution >= 4 is 37.8 Å². The molecule has 0 aromatic heterocycles. The highest BCUT2D eigenvalue weighted by Gasteiger charge is 2.41. The zero-order valence-corrected chi connectivity index (χ0v) is 11.1. The Morgan fingerprint density at radius 1 is 1.54 bits per heavy atom. The van der Waals surface area contributed by atoms with Crippen molar-refractivity contribution in [2.45, 2.75) is 25.8 Å². The minimum atomic E-state index is -0.153. The van der Waals surface area contributed by atoms with Crippen LogP contribution < -0.4 is 5.32 Å². The fourth-order valence-corrected chi connectivity index (χ4v) is 2.39. The molecule has 0 aromatic carbocycles. The van der Waals surface area contributed by atoms with Gasteiger partial charge in [-0.25, -0.2) is 0 Å². The Kier molecular flexibility index (Phi) is 3.81. The quantitative estimate of drug-likeness (QED) is 0.793. The third-order valence-electron chi connectivity index (χ3n) is 2.46. The molecular formula is C9H15Br2NO. The van der Waals surface area contributed by atoms with Gasteiger partial charge >= 0.3 is 0 Å². The molecule has 4 heteroatoms. The van der Waals surface area contributed by atoms with Crippen LogP contribution in [0.2, 0.25) is 0 Å². The Hall–Kier alpha value is 0.430. The summed E-state index contributed by atoms with van der Waals surface area (Å²) in [6, 6.07) is 0. The van der Waals surface area contributed by atoms with Gasteiger partial charge in [0, 0.05) is 16.6 Å². The Morgan fingerprint density at radius 3 is 2.31 bits per heavy atom. The van der Waals surface area contributed by atoms with E-state index in [0.29, 0.717) is 5.92 Å². The molecule has 0 aromatic rings. The maximum absolute atomic E-state index is 11.6. The van der Waals surface area contributed by atoms with Crippen LogP contribution in [0.1, 0.15) is 20.3 Å². The number of hydrogen-bond donors (Lipinski definition) is 1. The van der Waals surface area contributed by atoms with Gasteiger partial charge < -0.3 is 5.32 Å². The third-order valence-corrected chi connectivity index (χ3v) is 4.94. The minimum Gasteiger partial charge on any atom is -0.349 e.